The highest BCUT2D eigenvalue weighted by Gasteiger charge is 2.56. The Morgan fingerprint density at radius 2 is 1.84 bits per heavy atom. The van der Waals surface area contributed by atoms with Crippen molar-refractivity contribution in [2.45, 2.75) is 91.9 Å². The number of hydrogen-bond acceptors (Lipinski definition) is 1. The lowest BCUT2D eigenvalue weighted by Gasteiger charge is -2.55. The van der Waals surface area contributed by atoms with Crippen molar-refractivity contribution < 1.29 is 0 Å². The van der Waals surface area contributed by atoms with E-state index in [0.717, 1.165) is 41.4 Å². The largest absolute Gasteiger partial charge is 0.165 e. The molecule has 0 amide bonds. The molecule has 8 atom stereocenters. The molecule has 3 aliphatic carbocycles. The summed E-state index contributed by atoms with van der Waals surface area (Å²) in [4.78, 5) is 0. The summed E-state index contributed by atoms with van der Waals surface area (Å²) in [6.45, 7) is 10.2. The van der Waals surface area contributed by atoms with Crippen LogP contribution in [0.15, 0.2) is 0 Å². The van der Waals surface area contributed by atoms with Crippen LogP contribution in [-0.4, -0.2) is 12.0 Å². The molecular weight excluding hydrogens is 320 g/mol. The zero-order chi connectivity index (χ0) is 18.0. The molecule has 0 aromatic heterocycles. The normalized spacial score (nSPS) is 45.0. The van der Waals surface area contributed by atoms with E-state index in [2.05, 4.69) is 34.0 Å². The molecule has 0 aromatic carbocycles. The van der Waals surface area contributed by atoms with Crippen LogP contribution in [0.1, 0.15) is 91.9 Å². The van der Waals surface area contributed by atoms with Crippen molar-refractivity contribution in [3.05, 3.63) is 0 Å². The van der Waals surface area contributed by atoms with Gasteiger partial charge in [0.25, 0.3) is 0 Å². The van der Waals surface area contributed by atoms with Gasteiger partial charge in [-0.05, 0) is 104 Å². The molecule has 8 unspecified atom stereocenters. The molecule has 3 rings (SSSR count). The van der Waals surface area contributed by atoms with Crippen molar-refractivity contribution in [2.24, 2.45) is 46.8 Å². The maximum Gasteiger partial charge on any atom is -0.00677 e. The third-order valence-corrected chi connectivity index (χ3v) is 9.85. The molecule has 0 saturated heterocycles. The predicted molar refractivity (Wildman–Crippen MR) is 114 cm³/mol. The van der Waals surface area contributed by atoms with E-state index < -0.39 is 0 Å². The van der Waals surface area contributed by atoms with Crippen LogP contribution in [0.3, 0.4) is 0 Å². The van der Waals surface area contributed by atoms with Gasteiger partial charge in [0.1, 0.15) is 0 Å². The highest BCUT2D eigenvalue weighted by atomic mass is 32.2. The van der Waals surface area contributed by atoms with Gasteiger partial charge >= 0.3 is 0 Å². The fourth-order valence-electron chi connectivity index (χ4n) is 8.00. The van der Waals surface area contributed by atoms with Crippen molar-refractivity contribution in [1.29, 1.82) is 0 Å². The summed E-state index contributed by atoms with van der Waals surface area (Å²) in [5.41, 5.74) is 0.675. The molecule has 0 nitrogen and oxygen atoms in total. The van der Waals surface area contributed by atoms with E-state index >= 15 is 0 Å². The highest BCUT2D eigenvalue weighted by Crippen LogP contribution is 2.65. The predicted octanol–water partition coefficient (Wildman–Crippen LogP) is 7.67. The number of hydrogen-bond donors (Lipinski definition) is 0. The zero-order valence-corrected chi connectivity index (χ0v) is 18.5. The minimum atomic E-state index is 0.675. The van der Waals surface area contributed by atoms with E-state index in [1.807, 2.05) is 11.8 Å². The SMILES string of the molecule is CCCC1C(CC)CCC2C1CCC1(C)C(C(C)CCSC)CCC21. The lowest BCUT2D eigenvalue weighted by atomic mass is 9.50. The smallest absolute Gasteiger partial charge is 0.00677 e. The summed E-state index contributed by atoms with van der Waals surface area (Å²) < 4.78 is 0. The summed E-state index contributed by atoms with van der Waals surface area (Å²) in [5, 5.41) is 0. The molecule has 3 aliphatic rings. The van der Waals surface area contributed by atoms with E-state index in [0.29, 0.717) is 5.41 Å². The third kappa shape index (κ3) is 3.70. The molecule has 0 heterocycles. The number of rotatable bonds is 7. The molecule has 3 saturated carbocycles. The van der Waals surface area contributed by atoms with Crippen LogP contribution in [0.2, 0.25) is 0 Å². The molecule has 146 valence electrons. The van der Waals surface area contributed by atoms with Crippen molar-refractivity contribution in [3.63, 3.8) is 0 Å². The van der Waals surface area contributed by atoms with Gasteiger partial charge in [0.2, 0.25) is 0 Å². The Bertz CT molecular complexity index is 418. The molecule has 0 bridgehead atoms. The summed E-state index contributed by atoms with van der Waals surface area (Å²) in [7, 11) is 0. The highest BCUT2D eigenvalue weighted by molar-refractivity contribution is 7.98. The maximum absolute atomic E-state index is 2.72. The van der Waals surface area contributed by atoms with Crippen LogP contribution >= 0.6 is 11.8 Å². The van der Waals surface area contributed by atoms with Gasteiger partial charge in [-0.2, -0.15) is 11.8 Å². The van der Waals surface area contributed by atoms with Gasteiger partial charge in [0.15, 0.2) is 0 Å². The van der Waals surface area contributed by atoms with Crippen molar-refractivity contribution in [3.8, 4) is 0 Å². The molecular formula is C24H44S. The van der Waals surface area contributed by atoms with E-state index in [9.17, 15) is 0 Å². The zero-order valence-electron chi connectivity index (χ0n) is 17.7. The van der Waals surface area contributed by atoms with E-state index in [-0.39, 0.29) is 0 Å². The average Bonchev–Trinajstić information content (AvgIpc) is 2.97. The fraction of sp³-hybridized carbons (Fsp3) is 1.00. The Morgan fingerprint density at radius 1 is 1.04 bits per heavy atom. The van der Waals surface area contributed by atoms with E-state index in [1.54, 1.807) is 32.1 Å². The Balaban J connectivity index is 1.74. The average molecular weight is 365 g/mol. The standard InChI is InChI=1S/C24H44S/c1-6-8-19-18(7-2)9-10-21-20(19)13-15-24(4)22(11-12-23(21)24)17(3)14-16-25-5/h17-23H,6-16H2,1-5H3. The minimum Gasteiger partial charge on any atom is -0.165 e. The van der Waals surface area contributed by atoms with E-state index in [1.165, 1.54) is 37.9 Å². The Labute approximate surface area is 162 Å². The quantitative estimate of drug-likeness (QED) is 0.446. The number of fused-ring (bicyclic) bond motifs is 3. The Morgan fingerprint density at radius 3 is 2.52 bits per heavy atom. The van der Waals surface area contributed by atoms with Crippen molar-refractivity contribution in [1.82, 2.24) is 0 Å². The second-order valence-electron chi connectivity index (χ2n) is 10.1. The summed E-state index contributed by atoms with van der Waals surface area (Å²) in [5.74, 6) is 8.64. The molecule has 1 heteroatoms. The molecule has 0 aliphatic heterocycles. The van der Waals surface area contributed by atoms with Gasteiger partial charge in [0, 0.05) is 0 Å². The van der Waals surface area contributed by atoms with Crippen LogP contribution in [0.5, 0.6) is 0 Å². The van der Waals surface area contributed by atoms with E-state index in [4.69, 9.17) is 0 Å². The molecule has 0 spiro atoms. The Hall–Kier alpha value is 0.350. The molecule has 0 aromatic rings. The first-order chi connectivity index (χ1) is 12.1. The van der Waals surface area contributed by atoms with Gasteiger partial charge in [-0.25, -0.2) is 0 Å². The summed E-state index contributed by atoms with van der Waals surface area (Å²) in [6.07, 6.45) is 17.4. The maximum atomic E-state index is 2.72. The molecule has 0 N–H and O–H groups in total. The second-order valence-corrected chi connectivity index (χ2v) is 11.1. The van der Waals surface area contributed by atoms with Crippen molar-refractivity contribution >= 4 is 11.8 Å². The number of thioether (sulfide) groups is 1. The van der Waals surface area contributed by atoms with Crippen LogP contribution in [0, 0.1) is 46.8 Å². The second kappa shape index (κ2) is 8.57. The van der Waals surface area contributed by atoms with Crippen LogP contribution in [0.4, 0.5) is 0 Å². The summed E-state index contributed by atoms with van der Waals surface area (Å²) in [6, 6.07) is 0. The van der Waals surface area contributed by atoms with Crippen LogP contribution in [0.25, 0.3) is 0 Å². The van der Waals surface area contributed by atoms with Crippen LogP contribution in [-0.2, 0) is 0 Å². The fourth-order valence-corrected chi connectivity index (χ4v) is 8.61. The van der Waals surface area contributed by atoms with Gasteiger partial charge in [0.05, 0.1) is 0 Å². The summed E-state index contributed by atoms with van der Waals surface area (Å²) >= 11 is 2.04. The Kier molecular flexibility index (Phi) is 6.89. The van der Waals surface area contributed by atoms with Gasteiger partial charge < -0.3 is 0 Å². The van der Waals surface area contributed by atoms with Crippen molar-refractivity contribution in [2.75, 3.05) is 12.0 Å². The first-order valence-electron chi connectivity index (χ1n) is 11.6. The lowest BCUT2D eigenvalue weighted by molar-refractivity contribution is -0.0617. The first kappa shape index (κ1) is 20.1. The molecule has 25 heavy (non-hydrogen) atoms. The lowest BCUT2D eigenvalue weighted by Crippen LogP contribution is -2.48. The van der Waals surface area contributed by atoms with Gasteiger partial charge in [-0.15, -0.1) is 0 Å². The minimum absolute atomic E-state index is 0.675. The first-order valence-corrected chi connectivity index (χ1v) is 12.9. The molecule has 3 fully saturated rings. The van der Waals surface area contributed by atoms with Crippen LogP contribution < -0.4 is 0 Å². The third-order valence-electron chi connectivity index (χ3n) is 9.20. The molecule has 0 radical (unpaired) electrons. The van der Waals surface area contributed by atoms with Gasteiger partial charge in [-0.3, -0.25) is 0 Å². The monoisotopic (exact) mass is 364 g/mol. The topological polar surface area (TPSA) is 0 Å². The van der Waals surface area contributed by atoms with Gasteiger partial charge in [-0.1, -0.05) is 47.0 Å².